The van der Waals surface area contributed by atoms with Crippen LogP contribution >= 0.6 is 19.9 Å². The van der Waals surface area contributed by atoms with E-state index in [0.717, 1.165) is 25.7 Å². The molecule has 4 aromatic rings. The number of hydrogen-bond donors (Lipinski definition) is 4. The molecule has 38 heavy (non-hydrogen) atoms. The molecule has 1 aliphatic rings. The highest BCUT2D eigenvalue weighted by molar-refractivity contribution is 7.39. The topological polar surface area (TPSA) is 173 Å². The molecule has 0 aromatic carbocycles. The third-order valence-corrected chi connectivity index (χ3v) is 6.87. The monoisotopic (exact) mass is 560 g/mol. The van der Waals surface area contributed by atoms with Crippen molar-refractivity contribution in [2.45, 2.75) is 51.8 Å². The lowest BCUT2D eigenvalue weighted by Gasteiger charge is -2.21. The third-order valence-electron chi connectivity index (χ3n) is 5.63. The van der Waals surface area contributed by atoms with Crippen LogP contribution in [0.3, 0.4) is 0 Å². The van der Waals surface area contributed by atoms with Crippen LogP contribution in [0.15, 0.2) is 42.4 Å². The van der Waals surface area contributed by atoms with Crippen LogP contribution in [-0.2, 0) is 11.3 Å². The molecule has 1 fully saturated rings. The fraction of sp³-hybridized carbons (Fsp3) is 0.391. The van der Waals surface area contributed by atoms with Crippen LogP contribution in [0.4, 0.5) is 5.69 Å². The number of hydrogen-bond acceptors (Lipinski definition) is 11. The molecule has 0 atom stereocenters. The summed E-state index contributed by atoms with van der Waals surface area (Å²) in [5.74, 6) is 0.0789. The van der Waals surface area contributed by atoms with Gasteiger partial charge in [-0.05, 0) is 25.8 Å². The van der Waals surface area contributed by atoms with Gasteiger partial charge in [-0.15, -0.1) is 11.3 Å². The minimum atomic E-state index is -2.46. The fourth-order valence-corrected chi connectivity index (χ4v) is 4.95. The van der Waals surface area contributed by atoms with E-state index >= 15 is 0 Å². The summed E-state index contributed by atoms with van der Waals surface area (Å²) in [7, 11) is -2.46. The van der Waals surface area contributed by atoms with E-state index in [1.165, 1.54) is 22.4 Å². The maximum Gasteiger partial charge on any atom is 0.328 e. The van der Waals surface area contributed by atoms with Crippen LogP contribution in [0, 0.1) is 0 Å². The van der Waals surface area contributed by atoms with Gasteiger partial charge in [0.25, 0.3) is 5.91 Å². The number of aliphatic hydroxyl groups is 1. The molecule has 1 amide bonds. The predicted octanol–water partition coefficient (Wildman–Crippen LogP) is 3.60. The van der Waals surface area contributed by atoms with E-state index in [0.29, 0.717) is 27.8 Å². The lowest BCUT2D eigenvalue weighted by atomic mass is 9.96. The van der Waals surface area contributed by atoms with Crippen molar-refractivity contribution in [2.75, 3.05) is 11.9 Å². The second-order valence-electron chi connectivity index (χ2n) is 8.32. The number of nitrogens with one attached hydrogen (secondary N) is 1. The first kappa shape index (κ1) is 27.9. The first-order valence-electron chi connectivity index (χ1n) is 12.1. The van der Waals surface area contributed by atoms with Crippen molar-refractivity contribution in [3.8, 4) is 22.1 Å². The quantitative estimate of drug-likeness (QED) is 0.233. The summed E-state index contributed by atoms with van der Waals surface area (Å²) >= 11 is 1.30. The number of rotatable bonds is 8. The van der Waals surface area contributed by atoms with Crippen LogP contribution in [0.5, 0.6) is 0 Å². The van der Waals surface area contributed by atoms with E-state index in [2.05, 4.69) is 25.4 Å². The van der Waals surface area contributed by atoms with Gasteiger partial charge in [-0.2, -0.15) is 10.2 Å². The normalized spacial score (nSPS) is 13.8. The maximum absolute atomic E-state index is 13.1. The zero-order valence-corrected chi connectivity index (χ0v) is 22.4. The van der Waals surface area contributed by atoms with Crippen LogP contribution < -0.4 is 5.32 Å². The number of aromatic nitrogens is 7. The van der Waals surface area contributed by atoms with Gasteiger partial charge >= 0.3 is 8.60 Å². The molecule has 1 saturated carbocycles. The highest BCUT2D eigenvalue weighted by Gasteiger charge is 2.23. The SMILES string of the molecule is CCO.O=C(Nc1cn(C2CCCCC2)nc1-c1ncccn1)c1csc(-c2cnn(COP(O)O)c2)n1. The van der Waals surface area contributed by atoms with Gasteiger partial charge in [0.1, 0.15) is 17.4 Å². The standard InChI is InChI=1S/C21H23N8O4PS.C2H6O/c30-20(17-12-35-21(26-17)14-9-24-28(10-14)13-33-34(31)32)25-16-11-29(15-5-2-1-3-6-15)27-18(16)19-22-7-4-8-23-19;1-2-3/h4,7-12,15,31-32H,1-3,5-6,13H2,(H,25,30);3H,2H2,1H3. The first-order chi connectivity index (χ1) is 18.5. The Morgan fingerprint density at radius 3 is 2.66 bits per heavy atom. The highest BCUT2D eigenvalue weighted by atomic mass is 32.1. The van der Waals surface area contributed by atoms with Crippen LogP contribution in [0.25, 0.3) is 22.1 Å². The van der Waals surface area contributed by atoms with Gasteiger partial charge < -0.3 is 20.2 Å². The largest absolute Gasteiger partial charge is 0.397 e. The molecule has 4 heterocycles. The van der Waals surface area contributed by atoms with E-state index in [9.17, 15) is 4.79 Å². The van der Waals surface area contributed by atoms with Crippen molar-refractivity contribution < 1.29 is 24.2 Å². The molecular weight excluding hydrogens is 531 g/mol. The molecule has 202 valence electrons. The maximum atomic E-state index is 13.1. The second kappa shape index (κ2) is 13.6. The molecular formula is C23H29N8O5PS. The smallest absolute Gasteiger partial charge is 0.328 e. The summed E-state index contributed by atoms with van der Waals surface area (Å²) in [6.45, 7) is 1.83. The number of amides is 1. The van der Waals surface area contributed by atoms with E-state index in [-0.39, 0.29) is 31.0 Å². The summed E-state index contributed by atoms with van der Waals surface area (Å²) in [4.78, 5) is 43.9. The predicted molar refractivity (Wildman–Crippen MR) is 142 cm³/mol. The van der Waals surface area contributed by atoms with Gasteiger partial charge in [0.05, 0.1) is 17.9 Å². The van der Waals surface area contributed by atoms with E-state index in [1.807, 2.05) is 10.9 Å². The molecule has 0 spiro atoms. The molecule has 0 unspecified atom stereocenters. The summed E-state index contributed by atoms with van der Waals surface area (Å²) in [5, 5.41) is 21.6. The molecule has 4 aromatic heterocycles. The second-order valence-corrected chi connectivity index (χ2v) is 9.95. The zero-order chi connectivity index (χ0) is 26.9. The van der Waals surface area contributed by atoms with Crippen molar-refractivity contribution in [2.24, 2.45) is 0 Å². The lowest BCUT2D eigenvalue weighted by Crippen LogP contribution is -2.14. The third kappa shape index (κ3) is 7.25. The molecule has 13 nitrogen and oxygen atoms in total. The molecule has 0 aliphatic heterocycles. The first-order valence-corrected chi connectivity index (χ1v) is 14.1. The van der Waals surface area contributed by atoms with E-state index in [1.54, 1.807) is 43.2 Å². The Hall–Kier alpha value is -3.13. The number of aliphatic hydroxyl groups excluding tert-OH is 1. The summed E-state index contributed by atoms with van der Waals surface area (Å²) in [6, 6.07) is 2.02. The van der Waals surface area contributed by atoms with Crippen LogP contribution in [0.1, 0.15) is 55.6 Å². The Morgan fingerprint density at radius 2 is 1.95 bits per heavy atom. The molecule has 0 saturated heterocycles. The summed E-state index contributed by atoms with van der Waals surface area (Å²) < 4.78 is 8.09. The summed E-state index contributed by atoms with van der Waals surface area (Å²) in [6.07, 6.45) is 14.0. The number of anilines is 1. The van der Waals surface area contributed by atoms with Gasteiger partial charge in [-0.1, -0.05) is 19.3 Å². The number of carbonyl (C=O) groups is 1. The molecule has 15 heteroatoms. The van der Waals surface area contributed by atoms with Gasteiger partial charge in [-0.25, -0.2) is 19.6 Å². The number of nitrogens with zero attached hydrogens (tertiary/aromatic N) is 7. The van der Waals surface area contributed by atoms with Gasteiger partial charge in [0.15, 0.2) is 11.5 Å². The van der Waals surface area contributed by atoms with Crippen LogP contribution in [0.2, 0.25) is 0 Å². The van der Waals surface area contributed by atoms with Gasteiger partial charge in [0.2, 0.25) is 0 Å². The zero-order valence-electron chi connectivity index (χ0n) is 20.7. The number of carbonyl (C=O) groups excluding carboxylic acids is 1. The van der Waals surface area contributed by atoms with Crippen molar-refractivity contribution in [1.29, 1.82) is 0 Å². The average molecular weight is 561 g/mol. The lowest BCUT2D eigenvalue weighted by molar-refractivity contribution is 0.102. The molecule has 0 radical (unpaired) electrons. The fourth-order valence-electron chi connectivity index (χ4n) is 3.95. The summed E-state index contributed by atoms with van der Waals surface area (Å²) in [5.41, 5.74) is 2.00. The van der Waals surface area contributed by atoms with Gasteiger partial charge in [0, 0.05) is 42.3 Å². The Kier molecular flexibility index (Phi) is 9.98. The van der Waals surface area contributed by atoms with Crippen molar-refractivity contribution in [3.63, 3.8) is 0 Å². The Bertz CT molecular complexity index is 1310. The van der Waals surface area contributed by atoms with E-state index in [4.69, 9.17) is 24.5 Å². The minimum Gasteiger partial charge on any atom is -0.397 e. The Labute approximate surface area is 224 Å². The van der Waals surface area contributed by atoms with Crippen molar-refractivity contribution in [1.82, 2.24) is 34.5 Å². The average Bonchev–Trinajstić information content (AvgIpc) is 3.69. The minimum absolute atomic E-state index is 0.104. The Balaban J connectivity index is 0.00000107. The molecule has 5 rings (SSSR count). The van der Waals surface area contributed by atoms with Gasteiger partial charge in [-0.3, -0.25) is 14.0 Å². The molecule has 1 aliphatic carbocycles. The van der Waals surface area contributed by atoms with Crippen molar-refractivity contribution >= 4 is 31.5 Å². The Morgan fingerprint density at radius 1 is 1.21 bits per heavy atom. The van der Waals surface area contributed by atoms with Crippen LogP contribution in [-0.4, -0.2) is 61.9 Å². The molecule has 4 N–H and O–H groups in total. The highest BCUT2D eigenvalue weighted by Crippen LogP contribution is 2.32. The van der Waals surface area contributed by atoms with Crippen molar-refractivity contribution in [3.05, 3.63) is 48.1 Å². The van der Waals surface area contributed by atoms with E-state index < -0.39 is 8.60 Å². The molecule has 0 bridgehead atoms. The number of thiazole rings is 1.